The van der Waals surface area contributed by atoms with Gasteiger partial charge in [-0.2, -0.15) is 0 Å². The van der Waals surface area contributed by atoms with Crippen molar-refractivity contribution in [3.63, 3.8) is 0 Å². The van der Waals surface area contributed by atoms with Crippen LogP contribution in [0.25, 0.3) is 25.9 Å². The van der Waals surface area contributed by atoms with Gasteiger partial charge in [-0.3, -0.25) is 0 Å². The van der Waals surface area contributed by atoms with Gasteiger partial charge in [0.05, 0.1) is 17.6 Å². The van der Waals surface area contributed by atoms with Crippen molar-refractivity contribution in [1.82, 2.24) is 9.97 Å². The summed E-state index contributed by atoms with van der Waals surface area (Å²) in [4.78, 5) is 13.3. The number of hydrogen-bond acceptors (Lipinski definition) is 4. The van der Waals surface area contributed by atoms with Gasteiger partial charge in [0.25, 0.3) is 0 Å². The first-order valence-electron chi connectivity index (χ1n) is 8.31. The molecule has 0 spiro atoms. The summed E-state index contributed by atoms with van der Waals surface area (Å²) in [6.07, 6.45) is 4.39. The van der Waals surface area contributed by atoms with Crippen molar-refractivity contribution in [2.24, 2.45) is 0 Å². The van der Waals surface area contributed by atoms with Gasteiger partial charge in [0.15, 0.2) is 0 Å². The highest BCUT2D eigenvalue weighted by molar-refractivity contribution is 7.18. The van der Waals surface area contributed by atoms with Crippen LogP contribution in [0, 0.1) is 6.57 Å². The summed E-state index contributed by atoms with van der Waals surface area (Å²) in [7, 11) is 0. The molecule has 0 N–H and O–H groups in total. The third kappa shape index (κ3) is 3.72. The summed E-state index contributed by atoms with van der Waals surface area (Å²) in [6.45, 7) is 13.4. The Bertz CT molecular complexity index is 975. The van der Waals surface area contributed by atoms with E-state index in [0.29, 0.717) is 16.6 Å². The van der Waals surface area contributed by atoms with Crippen LogP contribution in [0.4, 0.5) is 5.69 Å². The Hall–Kier alpha value is -2.42. The number of hydrogen-bond donors (Lipinski definition) is 0. The average Bonchev–Trinajstić information content (AvgIpc) is 3.11. The Morgan fingerprint density at radius 2 is 2.08 bits per heavy atom. The zero-order valence-electron chi connectivity index (χ0n) is 14.8. The zero-order chi connectivity index (χ0) is 18.7. The molecule has 0 amide bonds. The molecule has 0 atom stereocenters. The van der Waals surface area contributed by atoms with Crippen molar-refractivity contribution < 1.29 is 4.74 Å². The number of thiazole rings is 1. The molecule has 2 heterocycles. The van der Waals surface area contributed by atoms with Crippen LogP contribution in [-0.4, -0.2) is 16.1 Å². The van der Waals surface area contributed by atoms with Gasteiger partial charge in [-0.25, -0.2) is 14.8 Å². The van der Waals surface area contributed by atoms with E-state index in [2.05, 4.69) is 21.7 Å². The molecule has 3 aromatic rings. The lowest BCUT2D eigenvalue weighted by molar-refractivity contribution is 0.244. The maximum atomic E-state index is 7.41. The van der Waals surface area contributed by atoms with Gasteiger partial charge < -0.3 is 4.74 Å². The van der Waals surface area contributed by atoms with Crippen LogP contribution >= 0.6 is 22.9 Å². The van der Waals surface area contributed by atoms with Crippen molar-refractivity contribution in [2.75, 3.05) is 0 Å². The smallest absolute Gasteiger partial charge is 0.228 e. The molecule has 0 fully saturated rings. The Kier molecular flexibility index (Phi) is 5.55. The molecule has 0 radical (unpaired) electrons. The molecule has 3 rings (SSSR count). The molecule has 0 aliphatic rings. The Labute approximate surface area is 162 Å². The van der Waals surface area contributed by atoms with Gasteiger partial charge in [0.2, 0.25) is 5.69 Å². The maximum Gasteiger partial charge on any atom is 0.228 e. The van der Waals surface area contributed by atoms with Crippen LogP contribution in [0.15, 0.2) is 36.7 Å². The summed E-state index contributed by atoms with van der Waals surface area (Å²) >= 11 is 7.80. The SMILES string of the molecule is [C-]#[N+]c1cc(-c2ncc(-c3ccnc(Cl)c3CC)s2)ccc1OC(C)C. The van der Waals surface area contributed by atoms with E-state index in [0.717, 1.165) is 33.0 Å². The minimum absolute atomic E-state index is 0.0247. The molecule has 1 aromatic carbocycles. The highest BCUT2D eigenvalue weighted by atomic mass is 35.5. The van der Waals surface area contributed by atoms with E-state index in [4.69, 9.17) is 22.9 Å². The molecule has 0 bridgehead atoms. The third-order valence-electron chi connectivity index (χ3n) is 3.82. The summed E-state index contributed by atoms with van der Waals surface area (Å²) in [5, 5.41) is 1.39. The van der Waals surface area contributed by atoms with Crippen LogP contribution in [0.2, 0.25) is 5.15 Å². The predicted octanol–water partition coefficient (Wildman–Crippen LogP) is 6.43. The maximum absolute atomic E-state index is 7.41. The second-order valence-corrected chi connectivity index (χ2v) is 7.36. The molecule has 0 saturated heterocycles. The fourth-order valence-corrected chi connectivity index (χ4v) is 3.91. The fourth-order valence-electron chi connectivity index (χ4n) is 2.66. The van der Waals surface area contributed by atoms with Gasteiger partial charge >= 0.3 is 0 Å². The lowest BCUT2D eigenvalue weighted by Crippen LogP contribution is -2.05. The van der Waals surface area contributed by atoms with E-state index in [-0.39, 0.29) is 6.10 Å². The van der Waals surface area contributed by atoms with Gasteiger partial charge in [-0.15, -0.1) is 11.3 Å². The number of pyridine rings is 1. The molecular formula is C20H18ClN3OS. The number of nitrogens with zero attached hydrogens (tertiary/aromatic N) is 3. The van der Waals surface area contributed by atoms with Crippen LogP contribution < -0.4 is 4.74 Å². The quantitative estimate of drug-likeness (QED) is 0.376. The summed E-state index contributed by atoms with van der Waals surface area (Å²) in [5.41, 5.74) is 3.48. The second kappa shape index (κ2) is 7.86. The molecule has 26 heavy (non-hydrogen) atoms. The molecule has 2 aromatic heterocycles. The van der Waals surface area contributed by atoms with Gasteiger partial charge in [0, 0.05) is 23.5 Å². The lowest BCUT2D eigenvalue weighted by atomic mass is 10.1. The van der Waals surface area contributed by atoms with E-state index in [1.807, 2.05) is 44.3 Å². The molecule has 0 aliphatic carbocycles. The number of halogens is 1. The first kappa shape index (κ1) is 18.4. The van der Waals surface area contributed by atoms with E-state index in [1.165, 1.54) is 0 Å². The van der Waals surface area contributed by atoms with E-state index >= 15 is 0 Å². The van der Waals surface area contributed by atoms with Crippen molar-refractivity contribution in [3.8, 4) is 26.8 Å². The van der Waals surface area contributed by atoms with E-state index in [9.17, 15) is 0 Å². The Morgan fingerprint density at radius 3 is 2.77 bits per heavy atom. The summed E-state index contributed by atoms with van der Waals surface area (Å²) in [6, 6.07) is 7.57. The number of aromatic nitrogens is 2. The van der Waals surface area contributed by atoms with Gasteiger partial charge in [-0.05, 0) is 44.0 Å². The first-order chi connectivity index (χ1) is 12.5. The van der Waals surface area contributed by atoms with Crippen molar-refractivity contribution >= 4 is 28.6 Å². The molecular weight excluding hydrogens is 366 g/mol. The lowest BCUT2D eigenvalue weighted by Gasteiger charge is -2.11. The van der Waals surface area contributed by atoms with E-state index in [1.54, 1.807) is 17.5 Å². The Morgan fingerprint density at radius 1 is 1.27 bits per heavy atom. The fraction of sp³-hybridized carbons (Fsp3) is 0.250. The highest BCUT2D eigenvalue weighted by Crippen LogP contribution is 2.38. The van der Waals surface area contributed by atoms with Crippen LogP contribution in [0.1, 0.15) is 26.3 Å². The Balaban J connectivity index is 1.99. The number of benzene rings is 1. The average molecular weight is 384 g/mol. The highest BCUT2D eigenvalue weighted by Gasteiger charge is 2.14. The van der Waals surface area contributed by atoms with E-state index < -0.39 is 0 Å². The topological polar surface area (TPSA) is 39.4 Å². The van der Waals surface area contributed by atoms with Gasteiger partial charge in [-0.1, -0.05) is 24.6 Å². The molecule has 0 aliphatic heterocycles. The summed E-state index contributed by atoms with van der Waals surface area (Å²) < 4.78 is 5.69. The number of rotatable bonds is 5. The largest absolute Gasteiger partial charge is 0.502 e. The van der Waals surface area contributed by atoms with Crippen LogP contribution in [0.5, 0.6) is 5.75 Å². The standard InChI is InChI=1S/C20H18ClN3OS/c1-5-14-15(8-9-23-19(14)21)18-11-24-20(26-18)13-6-7-17(25-12(2)3)16(10-13)22-4/h6-12H,5H2,1-3H3. The van der Waals surface area contributed by atoms with Crippen molar-refractivity contribution in [2.45, 2.75) is 33.3 Å². The minimum atomic E-state index is 0.0247. The van der Waals surface area contributed by atoms with Crippen molar-refractivity contribution in [3.05, 3.63) is 58.8 Å². The molecule has 132 valence electrons. The number of ether oxygens (including phenoxy) is 1. The molecule has 0 unspecified atom stereocenters. The third-order valence-corrected chi connectivity index (χ3v) is 5.22. The zero-order valence-corrected chi connectivity index (χ0v) is 16.4. The normalized spacial score (nSPS) is 10.8. The van der Waals surface area contributed by atoms with Crippen molar-refractivity contribution in [1.29, 1.82) is 0 Å². The molecule has 0 saturated carbocycles. The first-order valence-corrected chi connectivity index (χ1v) is 9.51. The van der Waals surface area contributed by atoms with Crippen LogP contribution in [-0.2, 0) is 6.42 Å². The molecule has 6 heteroatoms. The van der Waals surface area contributed by atoms with Gasteiger partial charge in [0.1, 0.15) is 15.9 Å². The second-order valence-electron chi connectivity index (χ2n) is 5.97. The minimum Gasteiger partial charge on any atom is -0.502 e. The monoisotopic (exact) mass is 383 g/mol. The summed E-state index contributed by atoms with van der Waals surface area (Å²) in [5.74, 6) is 0.602. The molecule has 4 nitrogen and oxygen atoms in total. The van der Waals surface area contributed by atoms with Crippen LogP contribution in [0.3, 0.4) is 0 Å². The predicted molar refractivity (Wildman–Crippen MR) is 107 cm³/mol.